The van der Waals surface area contributed by atoms with Gasteiger partial charge in [-0.15, -0.1) is 0 Å². The molecule has 0 aromatic rings. The molecule has 0 N–H and O–H groups in total. The molecule has 0 aromatic heterocycles. The molecule has 17 heavy (non-hydrogen) atoms. The van der Waals surface area contributed by atoms with Gasteiger partial charge < -0.3 is 4.74 Å². The van der Waals surface area contributed by atoms with E-state index in [0.29, 0.717) is 18.1 Å². The van der Waals surface area contributed by atoms with Crippen LogP contribution in [0.5, 0.6) is 0 Å². The summed E-state index contributed by atoms with van der Waals surface area (Å²) < 4.78 is 5.56. The van der Waals surface area contributed by atoms with E-state index < -0.39 is 0 Å². The number of carbonyl (C=O) groups excluding carboxylic acids is 1. The lowest BCUT2D eigenvalue weighted by atomic mass is 9.72. The highest BCUT2D eigenvalue weighted by atomic mass is 16.5. The van der Waals surface area contributed by atoms with Crippen LogP contribution >= 0.6 is 0 Å². The highest BCUT2D eigenvalue weighted by molar-refractivity contribution is 5.82. The minimum atomic E-state index is -0.0707. The molecule has 2 rings (SSSR count). The maximum atomic E-state index is 12.3. The van der Waals surface area contributed by atoms with E-state index in [2.05, 4.69) is 6.92 Å². The molecule has 0 amide bonds. The summed E-state index contributed by atoms with van der Waals surface area (Å²) in [5.41, 5.74) is -0.0707. The van der Waals surface area contributed by atoms with E-state index >= 15 is 0 Å². The van der Waals surface area contributed by atoms with E-state index in [1.807, 2.05) is 0 Å². The number of hydrogen-bond acceptors (Lipinski definition) is 2. The molecule has 0 radical (unpaired) electrons. The third-order valence-corrected chi connectivity index (χ3v) is 5.07. The Labute approximate surface area is 105 Å². The van der Waals surface area contributed by atoms with E-state index in [-0.39, 0.29) is 5.60 Å². The van der Waals surface area contributed by atoms with Gasteiger partial charge in [0.1, 0.15) is 5.78 Å². The molecule has 0 spiro atoms. The molecule has 2 nitrogen and oxygen atoms in total. The zero-order valence-electron chi connectivity index (χ0n) is 11.3. The first-order chi connectivity index (χ1) is 8.19. The normalized spacial score (nSPS) is 31.9. The number of hydrogen-bond donors (Lipinski definition) is 0. The number of methoxy groups -OCH3 is 1. The fourth-order valence-corrected chi connectivity index (χ4v) is 3.38. The van der Waals surface area contributed by atoms with Crippen molar-refractivity contribution in [1.29, 1.82) is 0 Å². The molecule has 0 saturated heterocycles. The SMILES string of the molecule is CCC1CCC(C(=O)CC2(OC)CCC2)CC1. The fourth-order valence-electron chi connectivity index (χ4n) is 3.38. The van der Waals surface area contributed by atoms with Gasteiger partial charge in [0.05, 0.1) is 5.60 Å². The summed E-state index contributed by atoms with van der Waals surface area (Å²) in [6, 6.07) is 0. The van der Waals surface area contributed by atoms with Crippen molar-refractivity contribution < 1.29 is 9.53 Å². The molecule has 2 fully saturated rings. The van der Waals surface area contributed by atoms with Gasteiger partial charge in [-0.05, 0) is 50.9 Å². The molecule has 0 heterocycles. The molecule has 2 aliphatic rings. The number of Topliss-reactive ketones (excluding diaryl/α,β-unsaturated/α-hetero) is 1. The van der Waals surface area contributed by atoms with Gasteiger partial charge in [0.2, 0.25) is 0 Å². The largest absolute Gasteiger partial charge is 0.378 e. The molecule has 0 aliphatic heterocycles. The summed E-state index contributed by atoms with van der Waals surface area (Å²) >= 11 is 0. The van der Waals surface area contributed by atoms with E-state index in [1.165, 1.54) is 25.7 Å². The summed E-state index contributed by atoms with van der Waals surface area (Å²) in [7, 11) is 1.76. The zero-order chi connectivity index (χ0) is 12.3. The van der Waals surface area contributed by atoms with E-state index in [1.54, 1.807) is 7.11 Å². The second-order valence-corrected chi connectivity index (χ2v) is 6.01. The average molecular weight is 238 g/mol. The lowest BCUT2D eigenvalue weighted by Crippen LogP contribution is -2.42. The van der Waals surface area contributed by atoms with Gasteiger partial charge in [-0.25, -0.2) is 0 Å². The second kappa shape index (κ2) is 5.51. The third-order valence-electron chi connectivity index (χ3n) is 5.07. The molecule has 0 aromatic carbocycles. The van der Waals surface area contributed by atoms with Crippen molar-refractivity contribution in [2.24, 2.45) is 11.8 Å². The maximum absolute atomic E-state index is 12.3. The van der Waals surface area contributed by atoms with Crippen molar-refractivity contribution in [2.45, 2.75) is 70.3 Å². The van der Waals surface area contributed by atoms with Crippen LogP contribution in [-0.4, -0.2) is 18.5 Å². The van der Waals surface area contributed by atoms with Gasteiger partial charge in [0.25, 0.3) is 0 Å². The van der Waals surface area contributed by atoms with Gasteiger partial charge in [-0.2, -0.15) is 0 Å². The first kappa shape index (κ1) is 13.1. The fraction of sp³-hybridized carbons (Fsp3) is 0.933. The van der Waals surface area contributed by atoms with Crippen molar-refractivity contribution in [3.8, 4) is 0 Å². The third kappa shape index (κ3) is 2.90. The summed E-state index contributed by atoms with van der Waals surface area (Å²) in [4.78, 5) is 12.3. The Morgan fingerprint density at radius 2 is 1.88 bits per heavy atom. The quantitative estimate of drug-likeness (QED) is 0.729. The average Bonchev–Trinajstić information content (AvgIpc) is 2.33. The van der Waals surface area contributed by atoms with Crippen LogP contribution in [0.15, 0.2) is 0 Å². The topological polar surface area (TPSA) is 26.3 Å². The number of rotatable bonds is 5. The van der Waals surface area contributed by atoms with Crippen molar-refractivity contribution in [3.05, 3.63) is 0 Å². The smallest absolute Gasteiger partial charge is 0.138 e. The van der Waals surface area contributed by atoms with Gasteiger partial charge in [0, 0.05) is 19.4 Å². The molecule has 0 atom stereocenters. The minimum Gasteiger partial charge on any atom is -0.378 e. The molecule has 0 unspecified atom stereocenters. The van der Waals surface area contributed by atoms with Crippen molar-refractivity contribution in [2.75, 3.05) is 7.11 Å². The van der Waals surface area contributed by atoms with Crippen molar-refractivity contribution >= 4 is 5.78 Å². The Bertz CT molecular complexity index is 255. The predicted molar refractivity (Wildman–Crippen MR) is 69.0 cm³/mol. The van der Waals surface area contributed by atoms with E-state index in [9.17, 15) is 4.79 Å². The molecular weight excluding hydrogens is 212 g/mol. The molecular formula is C15H26O2. The monoisotopic (exact) mass is 238 g/mol. The second-order valence-electron chi connectivity index (χ2n) is 6.01. The number of ether oxygens (including phenoxy) is 1. The van der Waals surface area contributed by atoms with Crippen LogP contribution in [0.2, 0.25) is 0 Å². The molecule has 2 heteroatoms. The standard InChI is InChI=1S/C15H26O2/c1-3-12-5-7-13(8-6-12)14(16)11-15(17-2)9-4-10-15/h12-13H,3-11H2,1-2H3. The van der Waals surface area contributed by atoms with Crippen molar-refractivity contribution in [1.82, 2.24) is 0 Å². The van der Waals surface area contributed by atoms with Gasteiger partial charge in [-0.3, -0.25) is 4.79 Å². The number of carbonyl (C=O) groups is 1. The Morgan fingerprint density at radius 1 is 1.24 bits per heavy atom. The summed E-state index contributed by atoms with van der Waals surface area (Å²) in [6.07, 6.45) is 10.1. The first-order valence-electron chi connectivity index (χ1n) is 7.27. The van der Waals surface area contributed by atoms with Crippen LogP contribution in [-0.2, 0) is 9.53 Å². The molecule has 2 aliphatic carbocycles. The molecule has 0 bridgehead atoms. The minimum absolute atomic E-state index is 0.0707. The number of ketones is 1. The van der Waals surface area contributed by atoms with Crippen LogP contribution in [0.25, 0.3) is 0 Å². The first-order valence-corrected chi connectivity index (χ1v) is 7.27. The summed E-state index contributed by atoms with van der Waals surface area (Å²) in [6.45, 7) is 2.26. The van der Waals surface area contributed by atoms with Crippen LogP contribution in [0, 0.1) is 11.8 Å². The highest BCUT2D eigenvalue weighted by Crippen LogP contribution is 2.40. The van der Waals surface area contributed by atoms with Crippen LogP contribution in [0.1, 0.15) is 64.7 Å². The van der Waals surface area contributed by atoms with Gasteiger partial charge in [0.15, 0.2) is 0 Å². The maximum Gasteiger partial charge on any atom is 0.138 e. The Kier molecular flexibility index (Phi) is 4.24. The van der Waals surface area contributed by atoms with Gasteiger partial charge >= 0.3 is 0 Å². The summed E-state index contributed by atoms with van der Waals surface area (Å²) in [5.74, 6) is 1.69. The molecule has 98 valence electrons. The summed E-state index contributed by atoms with van der Waals surface area (Å²) in [5, 5.41) is 0. The van der Waals surface area contributed by atoms with Crippen LogP contribution in [0.3, 0.4) is 0 Å². The predicted octanol–water partition coefficient (Wildman–Crippen LogP) is 3.73. The zero-order valence-corrected chi connectivity index (χ0v) is 11.3. The highest BCUT2D eigenvalue weighted by Gasteiger charge is 2.40. The Balaban J connectivity index is 1.80. The van der Waals surface area contributed by atoms with Crippen LogP contribution in [0.4, 0.5) is 0 Å². The van der Waals surface area contributed by atoms with Gasteiger partial charge in [-0.1, -0.05) is 13.3 Å². The lowest BCUT2D eigenvalue weighted by molar-refractivity contribution is -0.137. The Morgan fingerprint density at radius 3 is 2.29 bits per heavy atom. The van der Waals surface area contributed by atoms with E-state index in [0.717, 1.165) is 31.6 Å². The van der Waals surface area contributed by atoms with Crippen LogP contribution < -0.4 is 0 Å². The molecule has 2 saturated carbocycles. The van der Waals surface area contributed by atoms with Crippen molar-refractivity contribution in [3.63, 3.8) is 0 Å². The lowest BCUT2D eigenvalue weighted by Gasteiger charge is -2.41. The van der Waals surface area contributed by atoms with E-state index in [4.69, 9.17) is 4.74 Å². The Hall–Kier alpha value is -0.370.